The van der Waals surface area contributed by atoms with Crippen LogP contribution in [0.15, 0.2) is 0 Å². The van der Waals surface area contributed by atoms with Crippen LogP contribution in [-0.2, 0) is 0 Å². The topological polar surface area (TPSA) is 3.24 Å². The van der Waals surface area contributed by atoms with Crippen molar-refractivity contribution in [3.63, 3.8) is 0 Å². The fourth-order valence-electron chi connectivity index (χ4n) is 1.53. The maximum Gasteiger partial charge on any atom is 0.0117 e. The van der Waals surface area contributed by atoms with Crippen molar-refractivity contribution in [3.8, 4) is 0 Å². The highest BCUT2D eigenvalue weighted by atomic mass is 32.2. The summed E-state index contributed by atoms with van der Waals surface area (Å²) in [5.74, 6) is 0.973. The van der Waals surface area contributed by atoms with E-state index in [-0.39, 0.29) is 0 Å². The molecule has 0 bridgehead atoms. The first-order chi connectivity index (χ1) is 4.86. The van der Waals surface area contributed by atoms with E-state index in [0.717, 1.165) is 5.92 Å². The van der Waals surface area contributed by atoms with Gasteiger partial charge in [0.25, 0.3) is 0 Å². The molecule has 1 heterocycles. The highest BCUT2D eigenvalue weighted by molar-refractivity contribution is 7.96. The number of rotatable bonds is 2. The van der Waals surface area contributed by atoms with Crippen molar-refractivity contribution in [2.24, 2.45) is 5.92 Å². The van der Waals surface area contributed by atoms with Crippen molar-refractivity contribution in [2.45, 2.75) is 26.2 Å². The predicted octanol–water partition coefficient (Wildman–Crippen LogP) is 2.39. The zero-order valence-electron chi connectivity index (χ0n) is 6.97. The van der Waals surface area contributed by atoms with E-state index in [1.54, 1.807) is 0 Å². The summed E-state index contributed by atoms with van der Waals surface area (Å²) in [6.45, 7) is 4.92. The molecule has 1 atom stereocenters. The molecule has 1 aliphatic rings. The Kier molecular flexibility index (Phi) is 3.57. The third kappa shape index (κ3) is 2.17. The first kappa shape index (κ1) is 8.41. The second-order valence-corrected chi connectivity index (χ2v) is 3.87. The Hall–Kier alpha value is 0.310. The number of hydrogen-bond donors (Lipinski definition) is 0. The first-order valence-electron chi connectivity index (χ1n) is 4.16. The summed E-state index contributed by atoms with van der Waals surface area (Å²) in [5, 5.41) is 0. The lowest BCUT2D eigenvalue weighted by Crippen LogP contribution is -2.29. The quantitative estimate of drug-likeness (QED) is 0.569. The van der Waals surface area contributed by atoms with Crippen molar-refractivity contribution in [3.05, 3.63) is 0 Å². The SMILES string of the molecule is CCC1CCCN(SC)C1. The van der Waals surface area contributed by atoms with Gasteiger partial charge in [-0.25, -0.2) is 0 Å². The Balaban J connectivity index is 2.25. The van der Waals surface area contributed by atoms with E-state index in [1.807, 2.05) is 11.9 Å². The van der Waals surface area contributed by atoms with Gasteiger partial charge in [0.1, 0.15) is 0 Å². The minimum Gasteiger partial charge on any atom is -0.251 e. The van der Waals surface area contributed by atoms with Gasteiger partial charge in [-0.15, -0.1) is 0 Å². The molecule has 1 saturated heterocycles. The molecular formula is C8H17NS. The Bertz CT molecular complexity index is 85.3. The molecule has 60 valence electrons. The van der Waals surface area contributed by atoms with Crippen molar-refractivity contribution in [1.29, 1.82) is 0 Å². The Morgan fingerprint density at radius 3 is 3.00 bits per heavy atom. The van der Waals surface area contributed by atoms with Crippen LogP contribution >= 0.6 is 11.9 Å². The van der Waals surface area contributed by atoms with E-state index in [1.165, 1.54) is 32.4 Å². The lowest BCUT2D eigenvalue weighted by Gasteiger charge is -2.29. The molecular weight excluding hydrogens is 142 g/mol. The normalized spacial score (nSPS) is 28.8. The van der Waals surface area contributed by atoms with Gasteiger partial charge < -0.3 is 0 Å². The maximum absolute atomic E-state index is 2.48. The molecule has 0 amide bonds. The molecule has 1 nitrogen and oxygen atoms in total. The van der Waals surface area contributed by atoms with E-state index in [0.29, 0.717) is 0 Å². The molecule has 0 aliphatic carbocycles. The van der Waals surface area contributed by atoms with Crippen LogP contribution in [0.5, 0.6) is 0 Å². The van der Waals surface area contributed by atoms with E-state index < -0.39 is 0 Å². The summed E-state index contributed by atoms with van der Waals surface area (Å²) < 4.78 is 2.48. The van der Waals surface area contributed by atoms with Crippen LogP contribution in [0.1, 0.15) is 26.2 Å². The van der Waals surface area contributed by atoms with Crippen LogP contribution in [0.4, 0.5) is 0 Å². The van der Waals surface area contributed by atoms with Crippen molar-refractivity contribution in [1.82, 2.24) is 4.31 Å². The molecule has 0 spiro atoms. The van der Waals surface area contributed by atoms with Crippen LogP contribution in [0, 0.1) is 5.92 Å². The first-order valence-corrected chi connectivity index (χ1v) is 5.34. The molecule has 0 aromatic carbocycles. The molecule has 0 radical (unpaired) electrons. The molecule has 1 rings (SSSR count). The van der Waals surface area contributed by atoms with Crippen LogP contribution in [-0.4, -0.2) is 23.7 Å². The average Bonchev–Trinajstić information content (AvgIpc) is 2.05. The molecule has 10 heavy (non-hydrogen) atoms. The number of nitrogens with zero attached hydrogens (tertiary/aromatic N) is 1. The van der Waals surface area contributed by atoms with Gasteiger partial charge in [0.15, 0.2) is 0 Å². The minimum absolute atomic E-state index is 0.973. The Labute approximate surface area is 68.3 Å². The third-order valence-corrected chi connectivity index (χ3v) is 3.17. The van der Waals surface area contributed by atoms with Crippen molar-refractivity contribution in [2.75, 3.05) is 19.3 Å². The Morgan fingerprint density at radius 1 is 1.60 bits per heavy atom. The van der Waals surface area contributed by atoms with E-state index in [2.05, 4.69) is 17.5 Å². The molecule has 1 fully saturated rings. The van der Waals surface area contributed by atoms with Crippen LogP contribution < -0.4 is 0 Å². The molecule has 2 heteroatoms. The van der Waals surface area contributed by atoms with Crippen molar-refractivity contribution < 1.29 is 0 Å². The molecule has 0 aromatic heterocycles. The number of piperidine rings is 1. The highest BCUT2D eigenvalue weighted by Gasteiger charge is 2.16. The Morgan fingerprint density at radius 2 is 2.40 bits per heavy atom. The van der Waals surface area contributed by atoms with Gasteiger partial charge in [-0.3, -0.25) is 4.31 Å². The van der Waals surface area contributed by atoms with Gasteiger partial charge in [0, 0.05) is 13.1 Å². The lowest BCUT2D eigenvalue weighted by atomic mass is 9.97. The summed E-state index contributed by atoms with van der Waals surface area (Å²) >= 11 is 1.90. The third-order valence-electron chi connectivity index (χ3n) is 2.32. The molecule has 0 N–H and O–H groups in total. The van der Waals surface area contributed by atoms with Crippen LogP contribution in [0.2, 0.25) is 0 Å². The van der Waals surface area contributed by atoms with Gasteiger partial charge in [-0.1, -0.05) is 25.3 Å². The monoisotopic (exact) mass is 159 g/mol. The zero-order valence-corrected chi connectivity index (χ0v) is 7.78. The summed E-state index contributed by atoms with van der Waals surface area (Å²) in [6, 6.07) is 0. The van der Waals surface area contributed by atoms with Crippen molar-refractivity contribution >= 4 is 11.9 Å². The highest BCUT2D eigenvalue weighted by Crippen LogP contribution is 2.22. The van der Waals surface area contributed by atoms with Crippen LogP contribution in [0.3, 0.4) is 0 Å². The second kappa shape index (κ2) is 4.24. The molecule has 1 aliphatic heterocycles. The molecule has 0 saturated carbocycles. The van der Waals surface area contributed by atoms with Gasteiger partial charge in [0.2, 0.25) is 0 Å². The van der Waals surface area contributed by atoms with E-state index >= 15 is 0 Å². The summed E-state index contributed by atoms with van der Waals surface area (Å²) in [7, 11) is 0. The van der Waals surface area contributed by atoms with Gasteiger partial charge >= 0.3 is 0 Å². The minimum atomic E-state index is 0.973. The number of hydrogen-bond acceptors (Lipinski definition) is 2. The van der Waals surface area contributed by atoms with Gasteiger partial charge in [0.05, 0.1) is 0 Å². The maximum atomic E-state index is 2.48. The fourth-order valence-corrected chi connectivity index (χ4v) is 2.20. The zero-order chi connectivity index (χ0) is 7.40. The smallest absolute Gasteiger partial charge is 0.0117 e. The lowest BCUT2D eigenvalue weighted by molar-refractivity contribution is 0.280. The van der Waals surface area contributed by atoms with E-state index in [4.69, 9.17) is 0 Å². The average molecular weight is 159 g/mol. The second-order valence-electron chi connectivity index (χ2n) is 2.99. The predicted molar refractivity (Wildman–Crippen MR) is 48.1 cm³/mol. The van der Waals surface area contributed by atoms with Gasteiger partial charge in [-0.2, -0.15) is 0 Å². The largest absolute Gasteiger partial charge is 0.251 e. The standard InChI is InChI=1S/C8H17NS/c1-3-8-5-4-6-9(7-8)10-2/h8H,3-7H2,1-2H3. The van der Waals surface area contributed by atoms with E-state index in [9.17, 15) is 0 Å². The summed E-state index contributed by atoms with van der Waals surface area (Å²) in [6.07, 6.45) is 6.39. The fraction of sp³-hybridized carbons (Fsp3) is 1.00. The van der Waals surface area contributed by atoms with Gasteiger partial charge in [-0.05, 0) is 25.0 Å². The molecule has 0 aromatic rings. The molecule has 1 unspecified atom stereocenters. The summed E-state index contributed by atoms with van der Waals surface area (Å²) in [5.41, 5.74) is 0. The van der Waals surface area contributed by atoms with Crippen LogP contribution in [0.25, 0.3) is 0 Å². The summed E-state index contributed by atoms with van der Waals surface area (Å²) in [4.78, 5) is 0.